The van der Waals surface area contributed by atoms with Crippen molar-refractivity contribution in [3.8, 4) is 0 Å². The van der Waals surface area contributed by atoms with Crippen molar-refractivity contribution in [2.45, 2.75) is 52.1 Å². The van der Waals surface area contributed by atoms with Gasteiger partial charge < -0.3 is 35.3 Å². The van der Waals surface area contributed by atoms with Gasteiger partial charge in [0, 0.05) is 11.8 Å². The summed E-state index contributed by atoms with van der Waals surface area (Å²) < 4.78 is 0. The van der Waals surface area contributed by atoms with E-state index < -0.39 is 36.3 Å². The Bertz CT molecular complexity index is 140. The molecular weight excluding hydrogens is 481 g/mol. The molecule has 4 atom stereocenters. The standard InChI is InChI=1S/C10H22O4.2CH3.2ClH.2Ru/c1-5(11)9(6(2)12)10(7(3)13)8(4)14;;;;;;/h5-14H,1-4H3;2*1H3;2*1H;;/q;2*-1;;;2*+2/p-2. The van der Waals surface area contributed by atoms with Crippen LogP contribution in [0, 0.1) is 26.7 Å². The molecule has 130 valence electrons. The molecule has 4 N–H and O–H groups in total. The van der Waals surface area contributed by atoms with E-state index in [0.717, 1.165) is 0 Å². The van der Waals surface area contributed by atoms with E-state index in [9.17, 15) is 20.4 Å². The Labute approximate surface area is 152 Å². The van der Waals surface area contributed by atoms with E-state index in [1.807, 2.05) is 34.6 Å². The third kappa shape index (κ3) is 14.6. The quantitative estimate of drug-likeness (QED) is 0.338. The normalized spacial score (nSPS) is 18.0. The average Bonchev–Trinajstić information content (AvgIpc) is 2.29. The second kappa shape index (κ2) is 20.7. The van der Waals surface area contributed by atoms with E-state index in [0.29, 0.717) is 0 Å². The summed E-state index contributed by atoms with van der Waals surface area (Å²) in [6.07, 6.45) is -3.04. The summed E-state index contributed by atoms with van der Waals surface area (Å²) in [5.41, 5.74) is 0. The number of aliphatic hydroxyl groups excluding tert-OH is 4. The van der Waals surface area contributed by atoms with Crippen molar-refractivity contribution in [1.29, 1.82) is 0 Å². The number of hydrogen-bond donors (Lipinski definition) is 4. The molecule has 0 aromatic heterocycles. The molecule has 0 saturated heterocycles. The van der Waals surface area contributed by atoms with Crippen LogP contribution in [0.25, 0.3) is 0 Å². The first-order valence-corrected chi connectivity index (χ1v) is 9.75. The van der Waals surface area contributed by atoms with Crippen LogP contribution < -0.4 is 0 Å². The Kier molecular flexibility index (Phi) is 34.4. The van der Waals surface area contributed by atoms with Crippen LogP contribution in [0.5, 0.6) is 0 Å². The molecule has 0 amide bonds. The minimum atomic E-state index is -0.760. The van der Waals surface area contributed by atoms with Crippen LogP contribution in [-0.4, -0.2) is 44.8 Å². The molecule has 0 aromatic carbocycles. The second-order valence-corrected chi connectivity index (χ2v) is 4.12. The van der Waals surface area contributed by atoms with E-state index in [-0.39, 0.29) is 14.9 Å². The molecule has 0 bridgehead atoms. The van der Waals surface area contributed by atoms with Crippen LogP contribution in [0.1, 0.15) is 27.7 Å². The Morgan fingerprint density at radius 2 is 0.650 bits per heavy atom. The fourth-order valence-electron chi connectivity index (χ4n) is 2.09. The van der Waals surface area contributed by atoms with Gasteiger partial charge in [0.15, 0.2) is 0 Å². The van der Waals surface area contributed by atoms with Crippen LogP contribution in [0.15, 0.2) is 0 Å². The molecule has 8 heteroatoms. The molecule has 0 aliphatic carbocycles. The van der Waals surface area contributed by atoms with Gasteiger partial charge in [-0.1, -0.05) is 0 Å². The maximum absolute atomic E-state index is 9.47. The first kappa shape index (κ1) is 33.3. The van der Waals surface area contributed by atoms with E-state index in [4.69, 9.17) is 0 Å². The molecular formula is C12H28Cl2O4Ru2. The molecule has 4 unspecified atom stereocenters. The second-order valence-electron chi connectivity index (χ2n) is 4.12. The van der Waals surface area contributed by atoms with Crippen LogP contribution in [0.4, 0.5) is 0 Å². The van der Waals surface area contributed by atoms with Gasteiger partial charge in [0.2, 0.25) is 0 Å². The van der Waals surface area contributed by atoms with Gasteiger partial charge in [-0.15, -0.1) is 0 Å². The third-order valence-electron chi connectivity index (χ3n) is 2.67. The van der Waals surface area contributed by atoms with Crippen molar-refractivity contribution in [2.75, 3.05) is 0 Å². The summed E-state index contributed by atoms with van der Waals surface area (Å²) in [5.74, 6) is -1.04. The summed E-state index contributed by atoms with van der Waals surface area (Å²) in [6.45, 7) is 6.20. The molecule has 0 aliphatic rings. The van der Waals surface area contributed by atoms with Crippen molar-refractivity contribution in [3.05, 3.63) is 14.9 Å². The summed E-state index contributed by atoms with van der Waals surface area (Å²) in [6, 6.07) is 0. The Hall–Kier alpha value is 1.67. The van der Waals surface area contributed by atoms with Crippen molar-refractivity contribution < 1.29 is 55.0 Å². The topological polar surface area (TPSA) is 80.9 Å². The number of aliphatic hydroxyl groups is 4. The Morgan fingerprint density at radius 3 is 0.700 bits per heavy atom. The predicted molar refractivity (Wildman–Crippen MR) is 78.2 cm³/mol. The Balaban J connectivity index is -0.000000114. The summed E-state index contributed by atoms with van der Waals surface area (Å²) in [7, 11) is 9.14. The van der Waals surface area contributed by atoms with E-state index >= 15 is 0 Å². The van der Waals surface area contributed by atoms with Gasteiger partial charge in [-0.3, -0.25) is 0 Å². The zero-order chi connectivity index (χ0) is 15.5. The van der Waals surface area contributed by atoms with Crippen molar-refractivity contribution >= 4 is 19.4 Å². The van der Waals surface area contributed by atoms with E-state index in [1.54, 1.807) is 27.7 Å². The van der Waals surface area contributed by atoms with Gasteiger partial charge in [-0.25, -0.2) is 0 Å². The van der Waals surface area contributed by atoms with Crippen molar-refractivity contribution in [1.82, 2.24) is 0 Å². The molecule has 0 saturated carbocycles. The van der Waals surface area contributed by atoms with Crippen molar-refractivity contribution in [3.63, 3.8) is 0 Å². The molecule has 0 fully saturated rings. The molecule has 0 aromatic rings. The van der Waals surface area contributed by atoms with Crippen LogP contribution >= 0.6 is 19.4 Å². The SMILES string of the molecule is CC(O)C(C(C)O)C(C(C)O)C(C)O.[CH3-].[CH3-].[Cl][Ru+].[Cl][Ru+]. The van der Waals surface area contributed by atoms with Crippen LogP contribution in [0.3, 0.4) is 0 Å². The molecule has 4 nitrogen and oxygen atoms in total. The minimum absolute atomic E-state index is 0. The third-order valence-corrected chi connectivity index (χ3v) is 2.67. The first-order chi connectivity index (χ1) is 8.29. The van der Waals surface area contributed by atoms with Gasteiger partial charge >= 0.3 is 54.0 Å². The van der Waals surface area contributed by atoms with Crippen LogP contribution in [-0.2, 0) is 34.6 Å². The van der Waals surface area contributed by atoms with Gasteiger partial charge in [-0.05, 0) is 27.7 Å². The summed E-state index contributed by atoms with van der Waals surface area (Å²) in [4.78, 5) is 0. The zero-order valence-corrected chi connectivity index (χ0v) is 17.7. The fraction of sp³-hybridized carbons (Fsp3) is 0.833. The Morgan fingerprint density at radius 1 is 0.550 bits per heavy atom. The number of hydrogen-bond acceptors (Lipinski definition) is 4. The van der Waals surface area contributed by atoms with Gasteiger partial charge in [-0.2, -0.15) is 0 Å². The summed E-state index contributed by atoms with van der Waals surface area (Å²) >= 11 is 3.64. The van der Waals surface area contributed by atoms with Crippen molar-refractivity contribution in [2.24, 2.45) is 11.8 Å². The van der Waals surface area contributed by atoms with Gasteiger partial charge in [0.1, 0.15) is 0 Å². The zero-order valence-electron chi connectivity index (χ0n) is 12.7. The molecule has 0 radical (unpaired) electrons. The van der Waals surface area contributed by atoms with Crippen LogP contribution in [0.2, 0.25) is 0 Å². The average molecular weight is 509 g/mol. The number of rotatable bonds is 5. The first-order valence-electron chi connectivity index (χ1n) is 5.28. The summed E-state index contributed by atoms with van der Waals surface area (Å²) in [5, 5.41) is 37.9. The predicted octanol–water partition coefficient (Wildman–Crippen LogP) is 2.02. The molecule has 20 heavy (non-hydrogen) atoms. The molecule has 0 aliphatic heterocycles. The van der Waals surface area contributed by atoms with Gasteiger partial charge in [0.05, 0.1) is 24.4 Å². The molecule has 0 heterocycles. The van der Waals surface area contributed by atoms with E-state index in [2.05, 4.69) is 19.4 Å². The molecule has 0 rings (SSSR count). The molecule has 0 spiro atoms. The monoisotopic (exact) mass is 510 g/mol. The van der Waals surface area contributed by atoms with Gasteiger partial charge in [0.25, 0.3) is 0 Å². The number of halogens is 2. The van der Waals surface area contributed by atoms with E-state index in [1.165, 1.54) is 0 Å². The fourth-order valence-corrected chi connectivity index (χ4v) is 2.09. The maximum atomic E-state index is 9.47.